The number of pyridine rings is 1. The number of anilines is 2. The molecule has 0 N–H and O–H groups in total. The molecule has 8 heteroatoms. The molecule has 1 aromatic rings. The molecular weight excluding hydrogens is 369 g/mol. The Morgan fingerprint density at radius 3 is 2.45 bits per heavy atom. The van der Waals surface area contributed by atoms with Crippen molar-refractivity contribution in [2.45, 2.75) is 77.1 Å². The molecule has 1 saturated carbocycles. The van der Waals surface area contributed by atoms with Crippen LogP contribution in [0.5, 0.6) is 0 Å². The molecule has 0 unspecified atom stereocenters. The van der Waals surface area contributed by atoms with Crippen LogP contribution in [0.25, 0.3) is 0 Å². The van der Waals surface area contributed by atoms with Gasteiger partial charge in [0.05, 0.1) is 16.9 Å². The van der Waals surface area contributed by atoms with E-state index in [1.165, 1.54) is 6.42 Å². The van der Waals surface area contributed by atoms with Crippen molar-refractivity contribution in [3.8, 4) is 0 Å². The first kappa shape index (κ1) is 20.5. The van der Waals surface area contributed by atoms with Crippen molar-refractivity contribution < 1.29 is 18.8 Å². The van der Waals surface area contributed by atoms with Gasteiger partial charge in [-0.05, 0) is 59.4 Å². The van der Waals surface area contributed by atoms with Gasteiger partial charge in [0.1, 0.15) is 6.10 Å². The number of hydrogen-bond acceptors (Lipinski definition) is 6. The van der Waals surface area contributed by atoms with E-state index in [2.05, 4.69) is 9.88 Å². The molecule has 4 rings (SSSR count). The second kappa shape index (κ2) is 7.47. The lowest BCUT2D eigenvalue weighted by molar-refractivity contribution is 0.00578. The van der Waals surface area contributed by atoms with E-state index in [1.807, 2.05) is 40.8 Å². The van der Waals surface area contributed by atoms with Crippen LogP contribution >= 0.6 is 0 Å². The highest BCUT2D eigenvalue weighted by atomic mass is 16.7. The molecule has 1 saturated heterocycles. The van der Waals surface area contributed by atoms with Gasteiger partial charge >= 0.3 is 13.2 Å². The summed E-state index contributed by atoms with van der Waals surface area (Å²) >= 11 is 0. The third-order valence-corrected chi connectivity index (χ3v) is 6.75. The van der Waals surface area contributed by atoms with Gasteiger partial charge in [-0.1, -0.05) is 6.42 Å². The Balaban J connectivity index is 1.58. The fourth-order valence-electron chi connectivity index (χ4n) is 4.12. The van der Waals surface area contributed by atoms with Crippen LogP contribution in [0.2, 0.25) is 0 Å². The average molecular weight is 401 g/mol. The first-order valence-electron chi connectivity index (χ1n) is 10.7. The summed E-state index contributed by atoms with van der Waals surface area (Å²) in [5.74, 6) is 0.775. The summed E-state index contributed by atoms with van der Waals surface area (Å²) in [7, 11) is 1.48. The molecule has 1 aromatic heterocycles. The molecule has 3 heterocycles. The van der Waals surface area contributed by atoms with Crippen LogP contribution in [0.4, 0.5) is 16.3 Å². The van der Waals surface area contributed by atoms with Crippen molar-refractivity contribution in [1.82, 2.24) is 4.98 Å². The summed E-state index contributed by atoms with van der Waals surface area (Å²) in [5, 5.41) is 0. The molecule has 7 nitrogen and oxygen atoms in total. The summed E-state index contributed by atoms with van der Waals surface area (Å²) in [6.45, 7) is 9.40. The minimum Gasteiger partial charge on any atom is -0.446 e. The zero-order valence-electron chi connectivity index (χ0n) is 18.2. The molecule has 2 fully saturated rings. The second-order valence-electron chi connectivity index (χ2n) is 9.42. The molecule has 0 spiro atoms. The van der Waals surface area contributed by atoms with Crippen LogP contribution < -0.4 is 15.3 Å². The SMILES string of the molecule is CN1CCN(C(=O)OC2CCCCC2)c2cc(B3OC(C)(C)C(C)(C)O3)cnc21. The van der Waals surface area contributed by atoms with Crippen LogP contribution in [0, 0.1) is 0 Å². The van der Waals surface area contributed by atoms with Crippen LogP contribution in [-0.2, 0) is 14.0 Å². The molecule has 2 aliphatic heterocycles. The molecule has 158 valence electrons. The highest BCUT2D eigenvalue weighted by Gasteiger charge is 2.52. The Kier molecular flexibility index (Phi) is 5.28. The molecule has 29 heavy (non-hydrogen) atoms. The molecule has 0 atom stereocenters. The zero-order chi connectivity index (χ0) is 20.8. The van der Waals surface area contributed by atoms with Gasteiger partial charge in [0.2, 0.25) is 0 Å². The Labute approximate surface area is 173 Å². The van der Waals surface area contributed by atoms with Gasteiger partial charge in [0.25, 0.3) is 0 Å². The number of ether oxygens (including phenoxy) is 1. The summed E-state index contributed by atoms with van der Waals surface area (Å²) in [6, 6.07) is 1.96. The van der Waals surface area contributed by atoms with Gasteiger partial charge in [0, 0.05) is 31.8 Å². The number of carbonyl (C=O) groups is 1. The highest BCUT2D eigenvalue weighted by molar-refractivity contribution is 6.62. The maximum atomic E-state index is 13.0. The number of fused-ring (bicyclic) bond motifs is 1. The maximum Gasteiger partial charge on any atom is 0.496 e. The van der Waals surface area contributed by atoms with E-state index in [1.54, 1.807) is 11.1 Å². The average Bonchev–Trinajstić information content (AvgIpc) is 2.90. The van der Waals surface area contributed by atoms with Crippen molar-refractivity contribution in [3.05, 3.63) is 12.3 Å². The minimum atomic E-state index is -0.513. The molecule has 1 amide bonds. The van der Waals surface area contributed by atoms with Crippen LogP contribution in [0.3, 0.4) is 0 Å². The van der Waals surface area contributed by atoms with Crippen molar-refractivity contribution in [2.24, 2.45) is 0 Å². The van der Waals surface area contributed by atoms with E-state index in [4.69, 9.17) is 14.0 Å². The normalized spacial score (nSPS) is 23.8. The Bertz CT molecular complexity index is 763. The van der Waals surface area contributed by atoms with Crippen LogP contribution in [0.15, 0.2) is 12.3 Å². The van der Waals surface area contributed by atoms with Gasteiger partial charge in [-0.25, -0.2) is 9.78 Å². The van der Waals surface area contributed by atoms with E-state index in [9.17, 15) is 4.79 Å². The smallest absolute Gasteiger partial charge is 0.446 e. The molecular formula is C21H32BN3O4. The lowest BCUT2D eigenvalue weighted by Gasteiger charge is -2.35. The number of hydrogen-bond donors (Lipinski definition) is 0. The van der Waals surface area contributed by atoms with Gasteiger partial charge in [0.15, 0.2) is 5.82 Å². The number of nitrogens with zero attached hydrogens (tertiary/aromatic N) is 3. The standard InChI is InChI=1S/C21H32BN3O4/c1-20(2)21(3,4)29-22(28-20)15-13-17-18(23-14-15)24(5)11-12-25(17)19(26)27-16-9-7-6-8-10-16/h13-14,16H,6-12H2,1-5H3. The fourth-order valence-corrected chi connectivity index (χ4v) is 4.12. The second-order valence-corrected chi connectivity index (χ2v) is 9.42. The Hall–Kier alpha value is -1.80. The fraction of sp³-hybridized carbons (Fsp3) is 0.714. The van der Waals surface area contributed by atoms with E-state index in [0.29, 0.717) is 6.54 Å². The summed E-state index contributed by atoms with van der Waals surface area (Å²) in [5.41, 5.74) is 0.716. The number of likely N-dealkylation sites (N-methyl/N-ethyl adjacent to an activating group) is 1. The third kappa shape index (κ3) is 3.84. The number of amides is 1. The lowest BCUT2D eigenvalue weighted by atomic mass is 9.80. The first-order chi connectivity index (χ1) is 13.7. The van der Waals surface area contributed by atoms with Gasteiger partial charge in [-0.3, -0.25) is 4.90 Å². The topological polar surface area (TPSA) is 64.1 Å². The van der Waals surface area contributed by atoms with Crippen molar-refractivity contribution in [2.75, 3.05) is 29.9 Å². The van der Waals surface area contributed by atoms with Gasteiger partial charge in [-0.15, -0.1) is 0 Å². The maximum absolute atomic E-state index is 13.0. The Morgan fingerprint density at radius 2 is 1.79 bits per heavy atom. The van der Waals surface area contributed by atoms with E-state index in [-0.39, 0.29) is 12.2 Å². The molecule has 3 aliphatic rings. The minimum absolute atomic E-state index is 0.0265. The predicted octanol–water partition coefficient (Wildman–Crippen LogP) is 3.11. The van der Waals surface area contributed by atoms with Crippen molar-refractivity contribution >= 4 is 30.2 Å². The van der Waals surface area contributed by atoms with Gasteiger partial charge < -0.3 is 18.9 Å². The quantitative estimate of drug-likeness (QED) is 0.710. The van der Waals surface area contributed by atoms with E-state index >= 15 is 0 Å². The number of rotatable bonds is 2. The largest absolute Gasteiger partial charge is 0.496 e. The van der Waals surface area contributed by atoms with E-state index in [0.717, 1.165) is 49.2 Å². The molecule has 0 bridgehead atoms. The zero-order valence-corrected chi connectivity index (χ0v) is 18.2. The van der Waals surface area contributed by atoms with Crippen molar-refractivity contribution in [3.63, 3.8) is 0 Å². The third-order valence-electron chi connectivity index (χ3n) is 6.75. The first-order valence-corrected chi connectivity index (χ1v) is 10.7. The highest BCUT2D eigenvalue weighted by Crippen LogP contribution is 2.37. The monoisotopic (exact) mass is 401 g/mol. The summed E-state index contributed by atoms with van der Waals surface area (Å²) < 4.78 is 18.2. The van der Waals surface area contributed by atoms with Gasteiger partial charge in [-0.2, -0.15) is 0 Å². The van der Waals surface area contributed by atoms with Crippen LogP contribution in [-0.4, -0.2) is 55.6 Å². The number of carbonyl (C=O) groups excluding carboxylic acids is 1. The lowest BCUT2D eigenvalue weighted by Crippen LogP contribution is -2.46. The van der Waals surface area contributed by atoms with Crippen LogP contribution in [0.1, 0.15) is 59.8 Å². The Morgan fingerprint density at radius 1 is 1.14 bits per heavy atom. The number of aromatic nitrogens is 1. The molecule has 1 aliphatic carbocycles. The summed E-state index contributed by atoms with van der Waals surface area (Å²) in [4.78, 5) is 21.4. The molecule has 0 radical (unpaired) electrons. The predicted molar refractivity (Wildman–Crippen MR) is 114 cm³/mol. The molecule has 0 aromatic carbocycles. The summed E-state index contributed by atoms with van der Waals surface area (Å²) in [6.07, 6.45) is 6.94. The van der Waals surface area contributed by atoms with E-state index < -0.39 is 18.3 Å². The van der Waals surface area contributed by atoms with Crippen molar-refractivity contribution in [1.29, 1.82) is 0 Å².